The van der Waals surface area contributed by atoms with Gasteiger partial charge in [-0.25, -0.2) is 19.2 Å². The van der Waals surface area contributed by atoms with Gasteiger partial charge in [0, 0.05) is 34.6 Å². The maximum absolute atomic E-state index is 14.4. The molecule has 0 atom stereocenters. The van der Waals surface area contributed by atoms with Crippen molar-refractivity contribution in [3.63, 3.8) is 0 Å². The molecule has 8 heteroatoms. The monoisotopic (exact) mass is 408 g/mol. The molecular formula is C21H14ClFN4O2. The molecule has 3 aromatic heterocycles. The third-order valence-corrected chi connectivity index (χ3v) is 4.52. The maximum Gasteiger partial charge on any atom is 0.341 e. The third kappa shape index (κ3) is 3.72. The fourth-order valence-corrected chi connectivity index (χ4v) is 3.09. The van der Waals surface area contributed by atoms with E-state index >= 15 is 0 Å². The number of halogens is 2. The van der Waals surface area contributed by atoms with Gasteiger partial charge in [0.05, 0.1) is 24.2 Å². The predicted molar refractivity (Wildman–Crippen MR) is 109 cm³/mol. The fraction of sp³-hybridized carbons (Fsp3) is 0.0476. The van der Waals surface area contributed by atoms with Crippen LogP contribution in [0.3, 0.4) is 0 Å². The van der Waals surface area contributed by atoms with Crippen molar-refractivity contribution in [3.05, 3.63) is 77.5 Å². The van der Waals surface area contributed by atoms with Crippen LogP contribution in [-0.4, -0.2) is 28.0 Å². The molecular weight excluding hydrogens is 395 g/mol. The summed E-state index contributed by atoms with van der Waals surface area (Å²) in [7, 11) is 1.30. The van der Waals surface area contributed by atoms with Gasteiger partial charge in [-0.15, -0.1) is 0 Å². The second kappa shape index (κ2) is 7.81. The van der Waals surface area contributed by atoms with E-state index < -0.39 is 11.8 Å². The average Bonchev–Trinajstić information content (AvgIpc) is 2.75. The third-order valence-electron chi connectivity index (χ3n) is 4.28. The number of hydrogen-bond acceptors (Lipinski definition) is 6. The first-order valence-electron chi connectivity index (χ1n) is 8.57. The lowest BCUT2D eigenvalue weighted by molar-refractivity contribution is 0.0601. The summed E-state index contributed by atoms with van der Waals surface area (Å²) in [5.41, 5.74) is 2.36. The quantitative estimate of drug-likeness (QED) is 0.478. The Hall–Kier alpha value is -3.58. The van der Waals surface area contributed by atoms with Gasteiger partial charge in [0.1, 0.15) is 11.4 Å². The number of fused-ring (bicyclic) bond motifs is 1. The number of hydrogen-bond donors (Lipinski definition) is 1. The number of carbonyl (C=O) groups excluding carboxylic acids is 1. The molecule has 0 aliphatic heterocycles. The predicted octanol–water partition coefficient (Wildman–Crippen LogP) is 5.01. The fourth-order valence-electron chi connectivity index (χ4n) is 2.91. The van der Waals surface area contributed by atoms with Crippen molar-refractivity contribution in [2.75, 3.05) is 12.4 Å². The van der Waals surface area contributed by atoms with E-state index in [4.69, 9.17) is 16.3 Å². The SMILES string of the molecule is COC(=O)c1cnccc1Nc1cc(-c2cc(Cl)ccc2F)nc2ncccc12. The van der Waals surface area contributed by atoms with Crippen LogP contribution in [-0.2, 0) is 4.74 Å². The van der Waals surface area contributed by atoms with Crippen LogP contribution in [0, 0.1) is 5.82 Å². The Kier molecular flexibility index (Phi) is 5.05. The Labute approximate surface area is 170 Å². The molecule has 3 heterocycles. The molecule has 0 bridgehead atoms. The molecule has 0 aliphatic carbocycles. The van der Waals surface area contributed by atoms with Crippen LogP contribution < -0.4 is 5.32 Å². The zero-order valence-electron chi connectivity index (χ0n) is 15.2. The number of ether oxygens (including phenoxy) is 1. The molecule has 0 saturated heterocycles. The van der Waals surface area contributed by atoms with Crippen molar-refractivity contribution in [1.29, 1.82) is 0 Å². The molecule has 1 aromatic carbocycles. The highest BCUT2D eigenvalue weighted by Gasteiger charge is 2.16. The van der Waals surface area contributed by atoms with E-state index in [9.17, 15) is 9.18 Å². The summed E-state index contributed by atoms with van der Waals surface area (Å²) in [6.45, 7) is 0. The zero-order chi connectivity index (χ0) is 20.4. The highest BCUT2D eigenvalue weighted by Crippen LogP contribution is 2.32. The summed E-state index contributed by atoms with van der Waals surface area (Å²) in [6.07, 6.45) is 4.56. The Morgan fingerprint density at radius 1 is 1.14 bits per heavy atom. The smallest absolute Gasteiger partial charge is 0.341 e. The highest BCUT2D eigenvalue weighted by atomic mass is 35.5. The Morgan fingerprint density at radius 3 is 2.83 bits per heavy atom. The van der Waals surface area contributed by atoms with Crippen LogP contribution in [0.15, 0.2) is 61.1 Å². The van der Waals surface area contributed by atoms with Crippen molar-refractivity contribution in [1.82, 2.24) is 15.0 Å². The van der Waals surface area contributed by atoms with Gasteiger partial charge in [-0.2, -0.15) is 0 Å². The molecule has 0 spiro atoms. The number of pyridine rings is 3. The van der Waals surface area contributed by atoms with Crippen molar-refractivity contribution in [3.8, 4) is 11.3 Å². The van der Waals surface area contributed by atoms with Crippen LogP contribution in [0.25, 0.3) is 22.3 Å². The van der Waals surface area contributed by atoms with Crippen LogP contribution in [0.5, 0.6) is 0 Å². The second-order valence-corrected chi connectivity index (χ2v) is 6.53. The summed E-state index contributed by atoms with van der Waals surface area (Å²) >= 11 is 6.04. The first-order chi connectivity index (χ1) is 14.1. The van der Waals surface area contributed by atoms with Gasteiger partial charge < -0.3 is 10.1 Å². The molecule has 0 aliphatic rings. The highest BCUT2D eigenvalue weighted by molar-refractivity contribution is 6.30. The van der Waals surface area contributed by atoms with Crippen LogP contribution in [0.4, 0.5) is 15.8 Å². The molecule has 0 fully saturated rings. The van der Waals surface area contributed by atoms with Gasteiger partial charge in [0.15, 0.2) is 5.65 Å². The van der Waals surface area contributed by atoms with E-state index in [1.165, 1.54) is 31.5 Å². The lowest BCUT2D eigenvalue weighted by Crippen LogP contribution is -2.06. The molecule has 0 radical (unpaired) electrons. The molecule has 29 heavy (non-hydrogen) atoms. The van der Waals surface area contributed by atoms with E-state index in [0.717, 1.165) is 0 Å². The number of nitrogens with zero attached hydrogens (tertiary/aromatic N) is 3. The van der Waals surface area contributed by atoms with E-state index in [-0.39, 0.29) is 11.1 Å². The van der Waals surface area contributed by atoms with Gasteiger partial charge in [-0.3, -0.25) is 4.98 Å². The van der Waals surface area contributed by atoms with Gasteiger partial charge in [0.25, 0.3) is 0 Å². The number of aromatic nitrogens is 3. The Bertz CT molecular complexity index is 1230. The minimum Gasteiger partial charge on any atom is -0.465 e. The van der Waals surface area contributed by atoms with Crippen molar-refractivity contribution < 1.29 is 13.9 Å². The molecule has 0 saturated carbocycles. The van der Waals surface area contributed by atoms with Crippen LogP contribution in [0.1, 0.15) is 10.4 Å². The van der Waals surface area contributed by atoms with Crippen LogP contribution >= 0.6 is 11.6 Å². The van der Waals surface area contributed by atoms with Crippen LogP contribution in [0.2, 0.25) is 5.02 Å². The largest absolute Gasteiger partial charge is 0.465 e. The average molecular weight is 409 g/mol. The number of rotatable bonds is 4. The lowest BCUT2D eigenvalue weighted by atomic mass is 10.1. The summed E-state index contributed by atoms with van der Waals surface area (Å²) in [4.78, 5) is 24.8. The Balaban J connectivity index is 1.89. The zero-order valence-corrected chi connectivity index (χ0v) is 15.9. The molecule has 6 nitrogen and oxygen atoms in total. The number of anilines is 2. The molecule has 4 rings (SSSR count). The lowest BCUT2D eigenvalue weighted by Gasteiger charge is -2.14. The standard InChI is InChI=1S/C21H14ClFN4O2/c1-29-21(28)15-11-24-8-6-17(15)26-18-10-19(14-9-12(22)4-5-16(14)23)27-20-13(18)3-2-7-25-20/h2-11H,1H3,(H,24,25,26,27). The molecule has 144 valence electrons. The van der Waals surface area contributed by atoms with Gasteiger partial charge in [-0.05, 0) is 42.5 Å². The number of esters is 1. The normalized spacial score (nSPS) is 10.7. The number of nitrogens with one attached hydrogen (secondary N) is 1. The van der Waals surface area contributed by atoms with E-state index in [1.807, 2.05) is 6.07 Å². The van der Waals surface area contributed by atoms with Gasteiger partial charge >= 0.3 is 5.97 Å². The molecule has 4 aromatic rings. The topological polar surface area (TPSA) is 77.0 Å². The second-order valence-electron chi connectivity index (χ2n) is 6.09. The van der Waals surface area contributed by atoms with E-state index in [1.54, 1.807) is 30.6 Å². The van der Waals surface area contributed by atoms with Crippen molar-refractivity contribution in [2.45, 2.75) is 0 Å². The summed E-state index contributed by atoms with van der Waals surface area (Å²) in [6, 6.07) is 11.2. The summed E-state index contributed by atoms with van der Waals surface area (Å²) in [5, 5.41) is 4.29. The van der Waals surface area contributed by atoms with E-state index in [0.29, 0.717) is 33.1 Å². The first kappa shape index (κ1) is 18.8. The number of carbonyl (C=O) groups is 1. The van der Waals surface area contributed by atoms with Gasteiger partial charge in [-0.1, -0.05) is 11.6 Å². The van der Waals surface area contributed by atoms with Crippen molar-refractivity contribution in [2.24, 2.45) is 0 Å². The maximum atomic E-state index is 14.4. The van der Waals surface area contributed by atoms with Gasteiger partial charge in [0.2, 0.25) is 0 Å². The number of benzene rings is 1. The molecule has 1 N–H and O–H groups in total. The minimum atomic E-state index is -0.529. The Morgan fingerprint density at radius 2 is 2.00 bits per heavy atom. The molecule has 0 unspecified atom stereocenters. The van der Waals surface area contributed by atoms with Crippen molar-refractivity contribution >= 4 is 40.0 Å². The summed E-state index contributed by atoms with van der Waals surface area (Å²) < 4.78 is 19.2. The molecule has 0 amide bonds. The minimum absolute atomic E-state index is 0.246. The first-order valence-corrected chi connectivity index (χ1v) is 8.95. The van der Waals surface area contributed by atoms with E-state index in [2.05, 4.69) is 20.3 Å². The summed E-state index contributed by atoms with van der Waals surface area (Å²) in [5.74, 6) is -0.986. The number of methoxy groups -OCH3 is 1.